The van der Waals surface area contributed by atoms with Crippen molar-refractivity contribution in [1.29, 1.82) is 0 Å². The second-order valence-electron chi connectivity index (χ2n) is 4.46. The van der Waals surface area contributed by atoms with Crippen LogP contribution in [0.5, 0.6) is 0 Å². The zero-order chi connectivity index (χ0) is 10.9. The van der Waals surface area contributed by atoms with Crippen LogP contribution < -0.4 is 0 Å². The number of aromatic nitrogens is 3. The lowest BCUT2D eigenvalue weighted by Gasteiger charge is -2.02. The number of rotatable bonds is 0. The van der Waals surface area contributed by atoms with Gasteiger partial charge < -0.3 is 0 Å². The van der Waals surface area contributed by atoms with Crippen molar-refractivity contribution >= 4 is 19.1 Å². The molecule has 0 unspecified atom stereocenters. The average Bonchev–Trinajstić information content (AvgIpc) is 2.56. The molecule has 0 amide bonds. The van der Waals surface area contributed by atoms with Gasteiger partial charge in [0.05, 0.1) is 0 Å². The SMILES string of the molecule is C[Si](C)(C)C#Cn1nc2ccccc2n1. The fourth-order valence-corrected chi connectivity index (χ4v) is 1.56. The van der Waals surface area contributed by atoms with E-state index in [9.17, 15) is 0 Å². The van der Waals surface area contributed by atoms with E-state index in [1.54, 1.807) is 0 Å². The molecule has 0 fully saturated rings. The number of benzene rings is 1. The van der Waals surface area contributed by atoms with Crippen molar-refractivity contribution in [3.05, 3.63) is 24.3 Å². The van der Waals surface area contributed by atoms with Gasteiger partial charge >= 0.3 is 0 Å². The Morgan fingerprint density at radius 3 is 2.07 bits per heavy atom. The van der Waals surface area contributed by atoms with Crippen LogP contribution in [0.15, 0.2) is 24.3 Å². The molecule has 0 aliphatic rings. The van der Waals surface area contributed by atoms with Crippen LogP contribution in [0.3, 0.4) is 0 Å². The van der Waals surface area contributed by atoms with Crippen LogP contribution >= 0.6 is 0 Å². The second-order valence-corrected chi connectivity index (χ2v) is 9.21. The Bertz CT molecular complexity index is 507. The zero-order valence-corrected chi connectivity index (χ0v) is 10.2. The largest absolute Gasteiger partial charge is 0.140 e. The van der Waals surface area contributed by atoms with Gasteiger partial charge in [-0.25, -0.2) is 0 Å². The van der Waals surface area contributed by atoms with Gasteiger partial charge in [0.2, 0.25) is 0 Å². The van der Waals surface area contributed by atoms with Gasteiger partial charge in [-0.3, -0.25) is 0 Å². The summed E-state index contributed by atoms with van der Waals surface area (Å²) in [6, 6.07) is 10.8. The van der Waals surface area contributed by atoms with Crippen LogP contribution in [0.25, 0.3) is 11.0 Å². The summed E-state index contributed by atoms with van der Waals surface area (Å²) < 4.78 is 0. The molecule has 0 bridgehead atoms. The van der Waals surface area contributed by atoms with Gasteiger partial charge in [0.15, 0.2) is 0 Å². The topological polar surface area (TPSA) is 30.7 Å². The van der Waals surface area contributed by atoms with E-state index in [4.69, 9.17) is 0 Å². The molecule has 0 saturated carbocycles. The molecule has 0 spiro atoms. The molecule has 1 aromatic carbocycles. The number of hydrogen-bond donors (Lipinski definition) is 0. The van der Waals surface area contributed by atoms with E-state index < -0.39 is 8.07 Å². The molecule has 2 rings (SSSR count). The number of fused-ring (bicyclic) bond motifs is 1. The van der Waals surface area contributed by atoms with Crippen LogP contribution in [0.1, 0.15) is 0 Å². The Balaban J connectivity index is 2.41. The normalized spacial score (nSPS) is 11.1. The Labute approximate surface area is 90.1 Å². The van der Waals surface area contributed by atoms with Crippen LogP contribution in [-0.4, -0.2) is 23.1 Å². The molecular weight excluding hydrogens is 202 g/mol. The van der Waals surface area contributed by atoms with Crippen molar-refractivity contribution in [2.24, 2.45) is 0 Å². The van der Waals surface area contributed by atoms with E-state index in [0.29, 0.717) is 0 Å². The molecule has 0 radical (unpaired) electrons. The van der Waals surface area contributed by atoms with E-state index in [1.165, 1.54) is 4.80 Å². The third-order valence-corrected chi connectivity index (χ3v) is 2.68. The molecule has 1 heterocycles. The van der Waals surface area contributed by atoms with Gasteiger partial charge in [-0.1, -0.05) is 31.8 Å². The number of nitrogens with zero attached hydrogens (tertiary/aromatic N) is 3. The van der Waals surface area contributed by atoms with E-state index in [2.05, 4.69) is 41.4 Å². The van der Waals surface area contributed by atoms with E-state index in [0.717, 1.165) is 11.0 Å². The van der Waals surface area contributed by atoms with Crippen molar-refractivity contribution in [3.8, 4) is 11.6 Å². The van der Waals surface area contributed by atoms with E-state index >= 15 is 0 Å². The molecule has 0 atom stereocenters. The summed E-state index contributed by atoms with van der Waals surface area (Å²) in [5.74, 6) is 0. The first-order valence-electron chi connectivity index (χ1n) is 4.90. The minimum Gasteiger partial charge on any atom is -0.140 e. The van der Waals surface area contributed by atoms with Crippen molar-refractivity contribution in [3.63, 3.8) is 0 Å². The fraction of sp³-hybridized carbons (Fsp3) is 0.273. The summed E-state index contributed by atoms with van der Waals surface area (Å²) in [5, 5.41) is 8.54. The Morgan fingerprint density at radius 1 is 1.07 bits per heavy atom. The lowest BCUT2D eigenvalue weighted by atomic mass is 10.3. The molecule has 0 aliphatic carbocycles. The first-order valence-corrected chi connectivity index (χ1v) is 8.40. The molecule has 1 aromatic heterocycles. The highest BCUT2D eigenvalue weighted by atomic mass is 28.3. The van der Waals surface area contributed by atoms with E-state index in [-0.39, 0.29) is 0 Å². The third-order valence-electron chi connectivity index (χ3n) is 1.82. The Kier molecular flexibility index (Phi) is 2.33. The zero-order valence-electron chi connectivity index (χ0n) is 9.15. The summed E-state index contributed by atoms with van der Waals surface area (Å²) in [7, 11) is -1.35. The first kappa shape index (κ1) is 9.93. The molecule has 0 saturated heterocycles. The maximum atomic E-state index is 4.27. The van der Waals surface area contributed by atoms with Gasteiger partial charge in [0.25, 0.3) is 0 Å². The molecule has 4 heteroatoms. The van der Waals surface area contributed by atoms with Crippen LogP contribution in [0.2, 0.25) is 19.6 Å². The predicted molar refractivity (Wildman–Crippen MR) is 64.0 cm³/mol. The average molecular weight is 215 g/mol. The molecule has 0 aliphatic heterocycles. The summed E-state index contributed by atoms with van der Waals surface area (Å²) >= 11 is 0. The third kappa shape index (κ3) is 2.45. The highest BCUT2D eigenvalue weighted by Gasteiger charge is 2.08. The fourth-order valence-electron chi connectivity index (χ4n) is 1.13. The highest BCUT2D eigenvalue weighted by molar-refractivity contribution is 6.83. The minimum absolute atomic E-state index is 0.891. The van der Waals surface area contributed by atoms with Gasteiger partial charge in [-0.15, -0.1) is 20.5 Å². The van der Waals surface area contributed by atoms with Crippen molar-refractivity contribution < 1.29 is 0 Å². The van der Waals surface area contributed by atoms with Crippen LogP contribution in [0.4, 0.5) is 0 Å². The molecule has 15 heavy (non-hydrogen) atoms. The molecule has 3 nitrogen and oxygen atoms in total. The maximum Gasteiger partial charge on any atom is 0.131 e. The monoisotopic (exact) mass is 215 g/mol. The minimum atomic E-state index is -1.35. The quantitative estimate of drug-likeness (QED) is 0.498. The maximum absolute atomic E-state index is 4.27. The second kappa shape index (κ2) is 3.52. The summed E-state index contributed by atoms with van der Waals surface area (Å²) in [5.41, 5.74) is 5.01. The first-order chi connectivity index (χ1) is 7.04. The molecule has 76 valence electrons. The van der Waals surface area contributed by atoms with E-state index in [1.807, 2.05) is 24.3 Å². The summed E-state index contributed by atoms with van der Waals surface area (Å²) in [4.78, 5) is 1.48. The van der Waals surface area contributed by atoms with Gasteiger partial charge in [-0.2, -0.15) is 0 Å². The molecule has 0 N–H and O–H groups in total. The van der Waals surface area contributed by atoms with Crippen molar-refractivity contribution in [2.75, 3.05) is 0 Å². The standard InChI is InChI=1S/C11H13N3Si/c1-15(2,3)9-8-14-12-10-6-4-5-7-11(10)13-14/h4-7H,1-3H3. The predicted octanol–water partition coefficient (Wildman–Crippen LogP) is 2.12. The van der Waals surface area contributed by atoms with Crippen molar-refractivity contribution in [2.45, 2.75) is 19.6 Å². The molecular formula is C11H13N3Si. The van der Waals surface area contributed by atoms with Crippen molar-refractivity contribution in [1.82, 2.24) is 15.0 Å². The lowest BCUT2D eigenvalue weighted by molar-refractivity contribution is 0.795. The Morgan fingerprint density at radius 2 is 1.60 bits per heavy atom. The molecule has 2 aromatic rings. The number of hydrogen-bond acceptors (Lipinski definition) is 2. The highest BCUT2D eigenvalue weighted by Crippen LogP contribution is 2.06. The van der Waals surface area contributed by atoms with Gasteiger partial charge in [-0.05, 0) is 12.1 Å². The summed E-state index contributed by atoms with van der Waals surface area (Å²) in [6.45, 7) is 6.59. The van der Waals surface area contributed by atoms with Crippen LogP contribution in [-0.2, 0) is 0 Å². The Hall–Kier alpha value is -1.60. The van der Waals surface area contributed by atoms with Crippen LogP contribution in [0, 0.1) is 11.6 Å². The lowest BCUT2D eigenvalue weighted by Crippen LogP contribution is -2.17. The van der Waals surface area contributed by atoms with Gasteiger partial charge in [0.1, 0.15) is 19.1 Å². The smallest absolute Gasteiger partial charge is 0.131 e. The summed E-state index contributed by atoms with van der Waals surface area (Å²) in [6.07, 6.45) is 0. The van der Waals surface area contributed by atoms with Gasteiger partial charge in [0, 0.05) is 6.04 Å².